The van der Waals surface area contributed by atoms with Crippen LogP contribution in [0.2, 0.25) is 0 Å². The lowest BCUT2D eigenvalue weighted by Crippen LogP contribution is -2.37. The molecule has 3 aromatic rings. The number of pyridine rings is 1. The molecule has 29 heavy (non-hydrogen) atoms. The number of nitrogens with zero attached hydrogens (tertiary/aromatic N) is 3. The van der Waals surface area contributed by atoms with Crippen molar-refractivity contribution >= 4 is 32.9 Å². The van der Waals surface area contributed by atoms with Gasteiger partial charge in [0.25, 0.3) is 5.56 Å². The number of hydrogen-bond donors (Lipinski definition) is 1. The topological polar surface area (TPSA) is 76.9 Å². The third-order valence-corrected chi connectivity index (χ3v) is 4.41. The molecule has 3 rings (SSSR count). The molecule has 0 unspecified atom stereocenters. The summed E-state index contributed by atoms with van der Waals surface area (Å²) in [7, 11) is 0. The van der Waals surface area contributed by atoms with Crippen LogP contribution in [0.5, 0.6) is 0 Å². The lowest BCUT2D eigenvalue weighted by molar-refractivity contribution is -0.137. The van der Waals surface area contributed by atoms with E-state index in [1.165, 1.54) is 24.4 Å². The predicted octanol–water partition coefficient (Wildman–Crippen LogP) is 3.76. The van der Waals surface area contributed by atoms with Crippen molar-refractivity contribution < 1.29 is 18.0 Å². The highest BCUT2D eigenvalue weighted by atomic mass is 79.9. The molecule has 0 aliphatic rings. The Labute approximate surface area is 171 Å². The molecule has 0 aliphatic carbocycles. The molecule has 0 radical (unpaired) electrons. The molecule has 0 saturated heterocycles. The van der Waals surface area contributed by atoms with Crippen LogP contribution in [0.25, 0.3) is 22.4 Å². The maximum absolute atomic E-state index is 13.1. The average molecular weight is 469 g/mol. The minimum absolute atomic E-state index is 0.0564. The Bertz CT molecular complexity index is 1140. The zero-order valence-electron chi connectivity index (χ0n) is 15.4. The SMILES string of the molecule is CC(C)NC(=O)Cn1c(-c2cccc(C(F)(F)F)c2)nc2ncc(Br)cc2c1=O. The standard InChI is InChI=1S/C19H16BrF3N4O2/c1-10(2)25-15(28)9-27-17(11-4-3-5-12(6-11)19(21,22)23)26-16-14(18(27)29)7-13(20)8-24-16/h3-8,10H,9H2,1-2H3,(H,25,28). The van der Waals surface area contributed by atoms with Crippen molar-refractivity contribution in [3.05, 3.63) is 56.9 Å². The Morgan fingerprint density at radius 2 is 2.00 bits per heavy atom. The second-order valence-electron chi connectivity index (χ2n) is 6.65. The van der Waals surface area contributed by atoms with Crippen LogP contribution in [0.3, 0.4) is 0 Å². The lowest BCUT2D eigenvalue weighted by atomic mass is 10.1. The molecule has 0 spiro atoms. The fourth-order valence-corrected chi connectivity index (χ4v) is 3.12. The van der Waals surface area contributed by atoms with Gasteiger partial charge in [-0.25, -0.2) is 9.97 Å². The van der Waals surface area contributed by atoms with Gasteiger partial charge in [0.15, 0.2) is 5.65 Å². The van der Waals surface area contributed by atoms with Gasteiger partial charge in [-0.15, -0.1) is 0 Å². The molecular formula is C19H16BrF3N4O2. The van der Waals surface area contributed by atoms with E-state index in [4.69, 9.17) is 0 Å². The minimum atomic E-state index is -4.56. The van der Waals surface area contributed by atoms with Crippen molar-refractivity contribution in [2.24, 2.45) is 0 Å². The molecular weight excluding hydrogens is 453 g/mol. The summed E-state index contributed by atoms with van der Waals surface area (Å²) in [6.45, 7) is 3.13. The number of halogens is 4. The Balaban J connectivity index is 2.24. The molecule has 152 valence electrons. The first-order valence-electron chi connectivity index (χ1n) is 8.59. The fraction of sp³-hybridized carbons (Fsp3) is 0.263. The van der Waals surface area contributed by atoms with Crippen LogP contribution < -0.4 is 10.9 Å². The maximum Gasteiger partial charge on any atom is 0.416 e. The molecule has 1 N–H and O–H groups in total. The molecule has 0 atom stereocenters. The van der Waals surface area contributed by atoms with Crippen LogP contribution in [0.4, 0.5) is 13.2 Å². The molecule has 2 heterocycles. The van der Waals surface area contributed by atoms with Crippen LogP contribution in [0, 0.1) is 0 Å². The number of fused-ring (bicyclic) bond motifs is 1. The number of rotatable bonds is 4. The number of nitrogens with one attached hydrogen (secondary N) is 1. The Morgan fingerprint density at radius 1 is 1.28 bits per heavy atom. The van der Waals surface area contributed by atoms with Gasteiger partial charge in [0, 0.05) is 22.3 Å². The number of alkyl halides is 3. The van der Waals surface area contributed by atoms with E-state index < -0.39 is 29.8 Å². The average Bonchev–Trinajstić information content (AvgIpc) is 2.63. The number of carbonyl (C=O) groups excluding carboxylic acids is 1. The summed E-state index contributed by atoms with van der Waals surface area (Å²) in [4.78, 5) is 33.7. The van der Waals surface area contributed by atoms with Gasteiger partial charge in [-0.2, -0.15) is 13.2 Å². The van der Waals surface area contributed by atoms with Crippen molar-refractivity contribution in [1.82, 2.24) is 19.9 Å². The van der Waals surface area contributed by atoms with Crippen LogP contribution in [0.1, 0.15) is 19.4 Å². The zero-order chi connectivity index (χ0) is 21.3. The molecule has 0 aliphatic heterocycles. The second-order valence-corrected chi connectivity index (χ2v) is 7.57. The zero-order valence-corrected chi connectivity index (χ0v) is 17.0. The fourth-order valence-electron chi connectivity index (χ4n) is 2.79. The first-order valence-corrected chi connectivity index (χ1v) is 9.38. The molecule has 2 aromatic heterocycles. The third kappa shape index (κ3) is 4.64. The van der Waals surface area contributed by atoms with Gasteiger partial charge in [0.05, 0.1) is 10.9 Å². The first-order chi connectivity index (χ1) is 13.6. The molecule has 0 bridgehead atoms. The number of benzene rings is 1. The van der Waals surface area contributed by atoms with Crippen molar-refractivity contribution in [2.45, 2.75) is 32.6 Å². The number of hydrogen-bond acceptors (Lipinski definition) is 4. The Kier molecular flexibility index (Phi) is 5.74. The molecule has 6 nitrogen and oxygen atoms in total. The van der Waals surface area contributed by atoms with E-state index in [1.807, 2.05) is 0 Å². The van der Waals surface area contributed by atoms with Crippen molar-refractivity contribution in [3.63, 3.8) is 0 Å². The highest BCUT2D eigenvalue weighted by Gasteiger charge is 2.31. The minimum Gasteiger partial charge on any atom is -0.352 e. The summed E-state index contributed by atoms with van der Waals surface area (Å²) in [5, 5.41) is 2.81. The Morgan fingerprint density at radius 3 is 2.66 bits per heavy atom. The van der Waals surface area contributed by atoms with Crippen LogP contribution in [-0.2, 0) is 17.5 Å². The van der Waals surface area contributed by atoms with Crippen LogP contribution >= 0.6 is 15.9 Å². The predicted molar refractivity (Wildman–Crippen MR) is 105 cm³/mol. The normalized spacial score (nSPS) is 11.8. The number of amides is 1. The van der Waals surface area contributed by atoms with E-state index >= 15 is 0 Å². The highest BCUT2D eigenvalue weighted by Crippen LogP contribution is 2.31. The highest BCUT2D eigenvalue weighted by molar-refractivity contribution is 9.10. The smallest absolute Gasteiger partial charge is 0.352 e. The van der Waals surface area contributed by atoms with Crippen molar-refractivity contribution in [3.8, 4) is 11.4 Å². The van der Waals surface area contributed by atoms with Crippen LogP contribution in [-0.4, -0.2) is 26.5 Å². The van der Waals surface area contributed by atoms with Crippen LogP contribution in [0.15, 0.2) is 45.8 Å². The Hall–Kier alpha value is -2.75. The lowest BCUT2D eigenvalue weighted by Gasteiger charge is -2.15. The van der Waals surface area contributed by atoms with E-state index in [9.17, 15) is 22.8 Å². The van der Waals surface area contributed by atoms with Gasteiger partial charge in [0.1, 0.15) is 12.4 Å². The summed E-state index contributed by atoms with van der Waals surface area (Å²) < 4.78 is 41.0. The summed E-state index contributed by atoms with van der Waals surface area (Å²) in [5.41, 5.74) is -1.33. The summed E-state index contributed by atoms with van der Waals surface area (Å²) >= 11 is 3.23. The third-order valence-electron chi connectivity index (χ3n) is 3.98. The molecule has 10 heteroatoms. The summed E-state index contributed by atoms with van der Waals surface area (Å²) in [6.07, 6.45) is -3.13. The van der Waals surface area contributed by atoms with E-state index in [-0.39, 0.29) is 28.5 Å². The maximum atomic E-state index is 13.1. The van der Waals surface area contributed by atoms with E-state index in [1.54, 1.807) is 13.8 Å². The van der Waals surface area contributed by atoms with E-state index in [0.717, 1.165) is 16.7 Å². The monoisotopic (exact) mass is 468 g/mol. The molecule has 1 amide bonds. The first kappa shape index (κ1) is 21.0. The largest absolute Gasteiger partial charge is 0.416 e. The van der Waals surface area contributed by atoms with Gasteiger partial charge in [-0.05, 0) is 48.0 Å². The van der Waals surface area contributed by atoms with Crippen molar-refractivity contribution in [2.75, 3.05) is 0 Å². The van der Waals surface area contributed by atoms with Gasteiger partial charge in [-0.3, -0.25) is 14.2 Å². The van der Waals surface area contributed by atoms with Gasteiger partial charge < -0.3 is 5.32 Å². The quantitative estimate of drug-likeness (QED) is 0.632. The second kappa shape index (κ2) is 7.94. The molecule has 1 aromatic carbocycles. The van der Waals surface area contributed by atoms with Gasteiger partial charge in [0.2, 0.25) is 5.91 Å². The van der Waals surface area contributed by atoms with Gasteiger partial charge in [-0.1, -0.05) is 12.1 Å². The van der Waals surface area contributed by atoms with E-state index in [0.29, 0.717) is 4.47 Å². The number of carbonyl (C=O) groups is 1. The van der Waals surface area contributed by atoms with Gasteiger partial charge >= 0.3 is 6.18 Å². The van der Waals surface area contributed by atoms with E-state index in [2.05, 4.69) is 31.2 Å². The van der Waals surface area contributed by atoms with Crippen molar-refractivity contribution in [1.29, 1.82) is 0 Å². The molecule has 0 saturated carbocycles. The summed E-state index contributed by atoms with van der Waals surface area (Å²) in [6, 6.07) is 5.78. The summed E-state index contributed by atoms with van der Waals surface area (Å²) in [5.74, 6) is -0.526. The number of aromatic nitrogens is 3. The molecule has 0 fully saturated rings.